The molecule has 110 valence electrons. The van der Waals surface area contributed by atoms with E-state index in [1.165, 1.54) is 11.1 Å². The van der Waals surface area contributed by atoms with Crippen molar-refractivity contribution in [3.05, 3.63) is 65.7 Å². The molecule has 3 rings (SSSR count). The fourth-order valence-corrected chi connectivity index (χ4v) is 2.97. The monoisotopic (exact) mass is 281 g/mol. The standard InChI is InChI=1S/C19H23NO/c1-15(11-12-16-7-3-2-4-8-16)20-18-13-14-21-19-10-6-5-9-17(18)19/h2-10,15,18,20H,11-14H2,1H3. The zero-order valence-corrected chi connectivity index (χ0v) is 12.6. The van der Waals surface area contributed by atoms with Gasteiger partial charge in [-0.15, -0.1) is 0 Å². The maximum atomic E-state index is 5.72. The van der Waals surface area contributed by atoms with E-state index in [2.05, 4.69) is 60.8 Å². The molecule has 1 heterocycles. The summed E-state index contributed by atoms with van der Waals surface area (Å²) in [6.07, 6.45) is 3.33. The van der Waals surface area contributed by atoms with E-state index in [0.29, 0.717) is 12.1 Å². The third kappa shape index (κ3) is 3.64. The highest BCUT2D eigenvalue weighted by Crippen LogP contribution is 2.31. The molecule has 2 nitrogen and oxygen atoms in total. The Labute approximate surface area is 127 Å². The summed E-state index contributed by atoms with van der Waals surface area (Å²) in [6, 6.07) is 20.0. The van der Waals surface area contributed by atoms with Gasteiger partial charge in [-0.3, -0.25) is 0 Å². The van der Waals surface area contributed by atoms with Crippen LogP contribution in [-0.4, -0.2) is 12.6 Å². The first-order valence-corrected chi connectivity index (χ1v) is 7.84. The highest BCUT2D eigenvalue weighted by Gasteiger charge is 2.21. The number of para-hydroxylation sites is 1. The molecule has 0 bridgehead atoms. The number of hydrogen-bond acceptors (Lipinski definition) is 2. The molecule has 1 aliphatic rings. The zero-order chi connectivity index (χ0) is 14.5. The van der Waals surface area contributed by atoms with Crippen molar-refractivity contribution in [1.29, 1.82) is 0 Å². The summed E-state index contributed by atoms with van der Waals surface area (Å²) in [5.74, 6) is 1.04. The van der Waals surface area contributed by atoms with Gasteiger partial charge in [-0.1, -0.05) is 48.5 Å². The van der Waals surface area contributed by atoms with Crippen LogP contribution in [0.15, 0.2) is 54.6 Å². The van der Waals surface area contributed by atoms with Crippen LogP contribution < -0.4 is 10.1 Å². The fraction of sp³-hybridized carbons (Fsp3) is 0.368. The minimum Gasteiger partial charge on any atom is -0.493 e. The summed E-state index contributed by atoms with van der Waals surface area (Å²) in [5.41, 5.74) is 2.72. The molecule has 0 fully saturated rings. The van der Waals surface area contributed by atoms with E-state index in [4.69, 9.17) is 4.74 Å². The number of nitrogens with one attached hydrogen (secondary N) is 1. The molecular weight excluding hydrogens is 258 g/mol. The smallest absolute Gasteiger partial charge is 0.124 e. The summed E-state index contributed by atoms with van der Waals surface area (Å²) in [7, 11) is 0. The van der Waals surface area contributed by atoms with Gasteiger partial charge in [0.25, 0.3) is 0 Å². The van der Waals surface area contributed by atoms with Crippen LogP contribution in [0.2, 0.25) is 0 Å². The molecule has 0 saturated heterocycles. The van der Waals surface area contributed by atoms with Gasteiger partial charge >= 0.3 is 0 Å². The highest BCUT2D eigenvalue weighted by molar-refractivity contribution is 5.37. The summed E-state index contributed by atoms with van der Waals surface area (Å²) < 4.78 is 5.72. The van der Waals surface area contributed by atoms with Crippen LogP contribution in [0.4, 0.5) is 0 Å². The first-order chi connectivity index (χ1) is 10.3. The lowest BCUT2D eigenvalue weighted by atomic mass is 9.98. The molecular formula is C19H23NO. The molecule has 1 aliphatic heterocycles. The van der Waals surface area contributed by atoms with Crippen molar-refractivity contribution in [3.63, 3.8) is 0 Å². The fourth-order valence-electron chi connectivity index (χ4n) is 2.97. The molecule has 2 atom stereocenters. The molecule has 1 N–H and O–H groups in total. The summed E-state index contributed by atoms with van der Waals surface area (Å²) >= 11 is 0. The van der Waals surface area contributed by atoms with E-state index in [1.54, 1.807) is 0 Å². The number of aryl methyl sites for hydroxylation is 1. The van der Waals surface area contributed by atoms with Gasteiger partial charge in [-0.2, -0.15) is 0 Å². The summed E-state index contributed by atoms with van der Waals surface area (Å²) in [5, 5.41) is 3.77. The van der Waals surface area contributed by atoms with Gasteiger partial charge in [0.2, 0.25) is 0 Å². The SMILES string of the molecule is CC(CCc1ccccc1)NC1CCOc2ccccc21. The summed E-state index contributed by atoms with van der Waals surface area (Å²) in [4.78, 5) is 0. The molecule has 2 aromatic carbocycles. The molecule has 0 radical (unpaired) electrons. The van der Waals surface area contributed by atoms with Crippen molar-refractivity contribution in [1.82, 2.24) is 5.32 Å². The van der Waals surface area contributed by atoms with Gasteiger partial charge in [0.05, 0.1) is 6.61 Å². The molecule has 2 unspecified atom stereocenters. The van der Waals surface area contributed by atoms with E-state index >= 15 is 0 Å². The van der Waals surface area contributed by atoms with Gasteiger partial charge in [0.15, 0.2) is 0 Å². The molecule has 21 heavy (non-hydrogen) atoms. The quantitative estimate of drug-likeness (QED) is 0.890. The predicted molar refractivity (Wildman–Crippen MR) is 86.7 cm³/mol. The number of rotatable bonds is 5. The summed E-state index contributed by atoms with van der Waals surface area (Å²) in [6.45, 7) is 3.08. The number of hydrogen-bond donors (Lipinski definition) is 1. The van der Waals surface area contributed by atoms with Crippen LogP contribution >= 0.6 is 0 Å². The number of fused-ring (bicyclic) bond motifs is 1. The van der Waals surface area contributed by atoms with Crippen LogP contribution in [0.25, 0.3) is 0 Å². The zero-order valence-electron chi connectivity index (χ0n) is 12.6. The lowest BCUT2D eigenvalue weighted by Crippen LogP contribution is -2.34. The Balaban J connectivity index is 1.57. The van der Waals surface area contributed by atoms with E-state index in [9.17, 15) is 0 Å². The number of benzene rings is 2. The van der Waals surface area contributed by atoms with E-state index < -0.39 is 0 Å². The van der Waals surface area contributed by atoms with Crippen LogP contribution in [0, 0.1) is 0 Å². The molecule has 0 aliphatic carbocycles. The molecule has 0 spiro atoms. The normalized spacial score (nSPS) is 18.6. The van der Waals surface area contributed by atoms with Crippen LogP contribution in [0.3, 0.4) is 0 Å². The average Bonchev–Trinajstić information content (AvgIpc) is 2.54. The third-order valence-electron chi connectivity index (χ3n) is 4.15. The minimum absolute atomic E-state index is 0.417. The van der Waals surface area contributed by atoms with Crippen molar-refractivity contribution in [2.75, 3.05) is 6.61 Å². The Morgan fingerprint density at radius 1 is 1.10 bits per heavy atom. The average molecular weight is 281 g/mol. The molecule has 0 saturated carbocycles. The first kappa shape index (κ1) is 14.2. The van der Waals surface area contributed by atoms with Gasteiger partial charge in [0, 0.05) is 24.1 Å². The third-order valence-corrected chi connectivity index (χ3v) is 4.15. The maximum Gasteiger partial charge on any atom is 0.124 e. The molecule has 2 aromatic rings. The van der Waals surface area contributed by atoms with Crippen LogP contribution in [0.1, 0.15) is 36.9 Å². The topological polar surface area (TPSA) is 21.3 Å². The maximum absolute atomic E-state index is 5.72. The van der Waals surface area contributed by atoms with Gasteiger partial charge < -0.3 is 10.1 Å². The molecule has 0 aromatic heterocycles. The Bertz CT molecular complexity index is 567. The van der Waals surface area contributed by atoms with Gasteiger partial charge in [-0.05, 0) is 31.4 Å². The second-order valence-electron chi connectivity index (χ2n) is 5.82. The Kier molecular flexibility index (Phi) is 4.56. The van der Waals surface area contributed by atoms with Crippen molar-refractivity contribution in [2.24, 2.45) is 0 Å². The second kappa shape index (κ2) is 6.77. The largest absolute Gasteiger partial charge is 0.493 e. The van der Waals surface area contributed by atoms with E-state index in [-0.39, 0.29) is 0 Å². The van der Waals surface area contributed by atoms with Crippen LogP contribution in [-0.2, 0) is 6.42 Å². The Morgan fingerprint density at radius 2 is 1.86 bits per heavy atom. The van der Waals surface area contributed by atoms with Gasteiger partial charge in [-0.25, -0.2) is 0 Å². The Hall–Kier alpha value is -1.80. The number of ether oxygens (including phenoxy) is 1. The van der Waals surface area contributed by atoms with Crippen LogP contribution in [0.5, 0.6) is 5.75 Å². The molecule has 2 heteroatoms. The van der Waals surface area contributed by atoms with Crippen molar-refractivity contribution in [2.45, 2.75) is 38.3 Å². The Morgan fingerprint density at radius 3 is 2.71 bits per heavy atom. The van der Waals surface area contributed by atoms with Gasteiger partial charge in [0.1, 0.15) is 5.75 Å². The van der Waals surface area contributed by atoms with Crippen molar-refractivity contribution >= 4 is 0 Å². The lowest BCUT2D eigenvalue weighted by Gasteiger charge is -2.29. The minimum atomic E-state index is 0.417. The van der Waals surface area contributed by atoms with E-state index in [1.807, 2.05) is 6.07 Å². The van der Waals surface area contributed by atoms with E-state index in [0.717, 1.165) is 31.6 Å². The molecule has 0 amide bonds. The highest BCUT2D eigenvalue weighted by atomic mass is 16.5. The van der Waals surface area contributed by atoms with Crippen molar-refractivity contribution < 1.29 is 4.74 Å². The second-order valence-corrected chi connectivity index (χ2v) is 5.82. The predicted octanol–water partition coefficient (Wildman–Crippen LogP) is 4.12. The first-order valence-electron chi connectivity index (χ1n) is 7.84. The van der Waals surface area contributed by atoms with Crippen molar-refractivity contribution in [3.8, 4) is 5.75 Å². The lowest BCUT2D eigenvalue weighted by molar-refractivity contribution is 0.244.